The maximum atomic E-state index is 11.2. The second-order valence-electron chi connectivity index (χ2n) is 4.48. The van der Waals surface area contributed by atoms with Gasteiger partial charge < -0.3 is 5.11 Å². The minimum Gasteiger partial charge on any atom is -0.476 e. The van der Waals surface area contributed by atoms with Crippen LogP contribution in [-0.4, -0.2) is 25.4 Å². The van der Waals surface area contributed by atoms with Gasteiger partial charge in [0, 0.05) is 18.8 Å². The molecule has 0 aliphatic carbocycles. The monoisotopic (exact) mass is 267 g/mol. The summed E-state index contributed by atoms with van der Waals surface area (Å²) < 4.78 is 1.74. The van der Waals surface area contributed by atoms with E-state index >= 15 is 0 Å². The number of hydrogen-bond acceptors (Lipinski definition) is 3. The Balaban J connectivity index is 1.94. The lowest BCUT2D eigenvalue weighted by Crippen LogP contribution is -1.98. The molecule has 1 aromatic carbocycles. The molecule has 3 aromatic rings. The lowest BCUT2D eigenvalue weighted by atomic mass is 10.1. The van der Waals surface area contributed by atoms with E-state index in [4.69, 9.17) is 5.11 Å². The van der Waals surface area contributed by atoms with Crippen LogP contribution in [0.4, 0.5) is 0 Å². The van der Waals surface area contributed by atoms with Gasteiger partial charge in [-0.3, -0.25) is 4.40 Å². The first-order valence-corrected chi connectivity index (χ1v) is 6.35. The molecule has 0 spiro atoms. The Kier molecular flexibility index (Phi) is 3.16. The lowest BCUT2D eigenvalue weighted by Gasteiger charge is -2.01. The number of carboxylic acids is 1. The molecule has 0 aliphatic rings. The smallest absolute Gasteiger partial charge is 0.358 e. The zero-order chi connectivity index (χ0) is 13.9. The molecule has 0 saturated heterocycles. The zero-order valence-electron chi connectivity index (χ0n) is 10.7. The topological polar surface area (TPSA) is 67.5 Å². The van der Waals surface area contributed by atoms with Gasteiger partial charge in [-0.1, -0.05) is 30.3 Å². The SMILES string of the molecule is O=C(O)c1nc(CCc2ccccc2)n2cccnc12. The van der Waals surface area contributed by atoms with Crippen LogP contribution in [0.3, 0.4) is 0 Å². The molecule has 0 aliphatic heterocycles. The van der Waals surface area contributed by atoms with E-state index in [1.165, 1.54) is 5.56 Å². The first-order chi connectivity index (χ1) is 9.75. The van der Waals surface area contributed by atoms with E-state index < -0.39 is 5.97 Å². The van der Waals surface area contributed by atoms with E-state index in [0.29, 0.717) is 17.9 Å². The van der Waals surface area contributed by atoms with Gasteiger partial charge in [-0.2, -0.15) is 0 Å². The number of aromatic nitrogens is 3. The van der Waals surface area contributed by atoms with Crippen molar-refractivity contribution in [3.63, 3.8) is 0 Å². The summed E-state index contributed by atoms with van der Waals surface area (Å²) in [6.45, 7) is 0. The van der Waals surface area contributed by atoms with E-state index in [0.717, 1.165) is 6.42 Å². The molecule has 2 aromatic heterocycles. The van der Waals surface area contributed by atoms with Crippen LogP contribution >= 0.6 is 0 Å². The second-order valence-corrected chi connectivity index (χ2v) is 4.48. The van der Waals surface area contributed by atoms with Gasteiger partial charge in [0.1, 0.15) is 5.82 Å². The van der Waals surface area contributed by atoms with Crippen molar-refractivity contribution >= 4 is 11.6 Å². The molecular weight excluding hydrogens is 254 g/mol. The average Bonchev–Trinajstić information content (AvgIpc) is 2.85. The van der Waals surface area contributed by atoms with Crippen molar-refractivity contribution in [3.8, 4) is 0 Å². The molecule has 0 unspecified atom stereocenters. The van der Waals surface area contributed by atoms with Crippen molar-refractivity contribution in [2.45, 2.75) is 12.8 Å². The van der Waals surface area contributed by atoms with Crippen molar-refractivity contribution in [2.75, 3.05) is 0 Å². The number of imidazole rings is 1. The highest BCUT2D eigenvalue weighted by atomic mass is 16.4. The van der Waals surface area contributed by atoms with Crippen LogP contribution in [0.2, 0.25) is 0 Å². The number of carboxylic acid groups (broad SMARTS) is 1. The molecular formula is C15H13N3O2. The van der Waals surface area contributed by atoms with Gasteiger partial charge in [0.2, 0.25) is 0 Å². The summed E-state index contributed by atoms with van der Waals surface area (Å²) in [5.74, 6) is -0.332. The molecule has 2 heterocycles. The van der Waals surface area contributed by atoms with Gasteiger partial charge in [0.05, 0.1) is 0 Å². The lowest BCUT2D eigenvalue weighted by molar-refractivity contribution is 0.0693. The minimum atomic E-state index is -1.05. The molecule has 1 N–H and O–H groups in total. The highest BCUT2D eigenvalue weighted by Crippen LogP contribution is 2.13. The second kappa shape index (κ2) is 5.13. The number of nitrogens with zero attached hydrogens (tertiary/aromatic N) is 3. The Morgan fingerprint density at radius 2 is 1.95 bits per heavy atom. The Labute approximate surface area is 115 Å². The van der Waals surface area contributed by atoms with E-state index in [9.17, 15) is 4.79 Å². The number of aromatic carboxylic acids is 1. The van der Waals surface area contributed by atoms with Gasteiger partial charge in [0.15, 0.2) is 11.3 Å². The van der Waals surface area contributed by atoms with Gasteiger partial charge >= 0.3 is 5.97 Å². The van der Waals surface area contributed by atoms with Crippen molar-refractivity contribution < 1.29 is 9.90 Å². The summed E-state index contributed by atoms with van der Waals surface area (Å²) in [6.07, 6.45) is 4.85. The summed E-state index contributed by atoms with van der Waals surface area (Å²) in [6, 6.07) is 11.8. The van der Waals surface area contributed by atoms with E-state index in [-0.39, 0.29) is 5.69 Å². The number of fused-ring (bicyclic) bond motifs is 1. The fraction of sp³-hybridized carbons (Fsp3) is 0.133. The van der Waals surface area contributed by atoms with Crippen LogP contribution in [0.1, 0.15) is 21.9 Å². The summed E-state index contributed by atoms with van der Waals surface area (Å²) in [7, 11) is 0. The van der Waals surface area contributed by atoms with Crippen molar-refractivity contribution in [1.29, 1.82) is 0 Å². The van der Waals surface area contributed by atoms with Crippen molar-refractivity contribution in [2.24, 2.45) is 0 Å². The molecule has 0 amide bonds. The molecule has 100 valence electrons. The van der Waals surface area contributed by atoms with Crippen molar-refractivity contribution in [1.82, 2.24) is 14.4 Å². The number of aryl methyl sites for hydroxylation is 2. The van der Waals surface area contributed by atoms with Crippen LogP contribution in [0.25, 0.3) is 5.65 Å². The Morgan fingerprint density at radius 3 is 2.70 bits per heavy atom. The van der Waals surface area contributed by atoms with E-state index in [1.807, 2.05) is 30.3 Å². The van der Waals surface area contributed by atoms with Gasteiger partial charge in [-0.05, 0) is 18.1 Å². The van der Waals surface area contributed by atoms with E-state index in [1.54, 1.807) is 22.9 Å². The predicted octanol–water partition coefficient (Wildman–Crippen LogP) is 2.21. The van der Waals surface area contributed by atoms with Gasteiger partial charge in [-0.15, -0.1) is 0 Å². The van der Waals surface area contributed by atoms with E-state index in [2.05, 4.69) is 9.97 Å². The van der Waals surface area contributed by atoms with Gasteiger partial charge in [-0.25, -0.2) is 14.8 Å². The molecule has 0 bridgehead atoms. The average molecular weight is 267 g/mol. The molecule has 0 radical (unpaired) electrons. The molecule has 20 heavy (non-hydrogen) atoms. The highest BCUT2D eigenvalue weighted by Gasteiger charge is 2.17. The highest BCUT2D eigenvalue weighted by molar-refractivity contribution is 5.92. The molecule has 5 heteroatoms. The first-order valence-electron chi connectivity index (χ1n) is 6.35. The summed E-state index contributed by atoms with van der Waals surface area (Å²) >= 11 is 0. The quantitative estimate of drug-likeness (QED) is 0.787. The minimum absolute atomic E-state index is 0.00802. The number of carbonyl (C=O) groups is 1. The molecule has 0 fully saturated rings. The number of rotatable bonds is 4. The third-order valence-corrected chi connectivity index (χ3v) is 3.16. The largest absolute Gasteiger partial charge is 0.476 e. The fourth-order valence-electron chi connectivity index (χ4n) is 2.21. The van der Waals surface area contributed by atoms with Crippen LogP contribution in [0, 0.1) is 0 Å². The first kappa shape index (κ1) is 12.3. The van der Waals surface area contributed by atoms with Crippen LogP contribution in [0.5, 0.6) is 0 Å². The Morgan fingerprint density at radius 1 is 1.15 bits per heavy atom. The van der Waals surface area contributed by atoms with Crippen LogP contribution in [0.15, 0.2) is 48.8 Å². The predicted molar refractivity (Wildman–Crippen MR) is 73.8 cm³/mol. The third-order valence-electron chi connectivity index (χ3n) is 3.16. The molecule has 5 nitrogen and oxygen atoms in total. The molecule has 0 saturated carbocycles. The Hall–Kier alpha value is -2.69. The molecule has 0 atom stereocenters. The van der Waals surface area contributed by atoms with Gasteiger partial charge in [0.25, 0.3) is 0 Å². The zero-order valence-corrected chi connectivity index (χ0v) is 10.7. The van der Waals surface area contributed by atoms with Crippen LogP contribution < -0.4 is 0 Å². The normalized spacial score (nSPS) is 10.8. The number of benzene rings is 1. The number of hydrogen-bond donors (Lipinski definition) is 1. The summed E-state index contributed by atoms with van der Waals surface area (Å²) in [5, 5.41) is 9.17. The summed E-state index contributed by atoms with van der Waals surface area (Å²) in [4.78, 5) is 19.5. The van der Waals surface area contributed by atoms with Crippen LogP contribution in [-0.2, 0) is 12.8 Å². The molecule has 3 rings (SSSR count). The van der Waals surface area contributed by atoms with Crippen molar-refractivity contribution in [3.05, 3.63) is 65.9 Å². The third kappa shape index (κ3) is 2.25. The standard InChI is InChI=1S/C15H13N3O2/c19-15(20)13-14-16-9-4-10-18(14)12(17-13)8-7-11-5-2-1-3-6-11/h1-6,9-10H,7-8H2,(H,19,20). The maximum absolute atomic E-state index is 11.2. The maximum Gasteiger partial charge on any atom is 0.358 e. The Bertz CT molecular complexity index is 750. The summed E-state index contributed by atoms with van der Waals surface area (Å²) in [5.41, 5.74) is 1.60. The fourth-order valence-corrected chi connectivity index (χ4v) is 2.21.